The number of benzene rings is 2. The zero-order valence-electron chi connectivity index (χ0n) is 20.4. The number of alkyl carbamates (subject to hydrolysis) is 1. The average Bonchev–Trinajstić information content (AvgIpc) is 3.18. The number of carboxylic acid groups (broad SMARTS) is 1. The van der Waals surface area contributed by atoms with Crippen molar-refractivity contribution in [1.29, 1.82) is 0 Å². The van der Waals surface area contributed by atoms with Crippen LogP contribution in [0.3, 0.4) is 0 Å². The van der Waals surface area contributed by atoms with Gasteiger partial charge in [0.15, 0.2) is 0 Å². The normalized spacial score (nSPS) is 20.0. The highest BCUT2D eigenvalue weighted by molar-refractivity contribution is 5.80. The van der Waals surface area contributed by atoms with Gasteiger partial charge < -0.3 is 20.1 Å². The molecular formula is C28H34N2O5. The SMILES string of the molecule is CCC(CNC(=O)OCC1c2ccccc2-c2ccccc21)CC(=O)N1CCC[C@@H](C(=O)O)[C@H]1C. The lowest BCUT2D eigenvalue weighted by Crippen LogP contribution is -2.49. The lowest BCUT2D eigenvalue weighted by Gasteiger charge is -2.38. The molecular weight excluding hydrogens is 444 g/mol. The second-order valence-corrected chi connectivity index (χ2v) is 9.60. The van der Waals surface area contributed by atoms with Crippen LogP contribution in [0.5, 0.6) is 0 Å². The van der Waals surface area contributed by atoms with E-state index in [0.29, 0.717) is 25.9 Å². The second kappa shape index (κ2) is 10.9. The number of ether oxygens (including phenoxy) is 1. The number of amides is 2. The summed E-state index contributed by atoms with van der Waals surface area (Å²) in [5.74, 6) is -1.46. The molecule has 1 heterocycles. The van der Waals surface area contributed by atoms with E-state index in [1.807, 2.05) is 38.1 Å². The third-order valence-electron chi connectivity index (χ3n) is 7.55. The van der Waals surface area contributed by atoms with Gasteiger partial charge in [0, 0.05) is 31.5 Å². The van der Waals surface area contributed by atoms with E-state index in [1.54, 1.807) is 4.90 Å². The summed E-state index contributed by atoms with van der Waals surface area (Å²) in [5, 5.41) is 12.2. The van der Waals surface area contributed by atoms with E-state index in [9.17, 15) is 19.5 Å². The topological polar surface area (TPSA) is 95.9 Å². The number of piperidine rings is 1. The predicted octanol–water partition coefficient (Wildman–Crippen LogP) is 4.65. The van der Waals surface area contributed by atoms with Gasteiger partial charge in [0.1, 0.15) is 6.61 Å². The molecule has 2 N–H and O–H groups in total. The van der Waals surface area contributed by atoms with Gasteiger partial charge in [-0.25, -0.2) is 4.79 Å². The monoisotopic (exact) mass is 478 g/mol. The average molecular weight is 479 g/mol. The Labute approximate surface area is 206 Å². The number of carbonyl (C=O) groups excluding carboxylic acids is 2. The largest absolute Gasteiger partial charge is 0.481 e. The van der Waals surface area contributed by atoms with Gasteiger partial charge in [-0.05, 0) is 47.9 Å². The van der Waals surface area contributed by atoms with Crippen LogP contribution in [0.15, 0.2) is 48.5 Å². The second-order valence-electron chi connectivity index (χ2n) is 9.60. The van der Waals surface area contributed by atoms with Gasteiger partial charge >= 0.3 is 12.1 Å². The van der Waals surface area contributed by atoms with Crippen molar-refractivity contribution in [2.24, 2.45) is 11.8 Å². The summed E-state index contributed by atoms with van der Waals surface area (Å²) in [5.41, 5.74) is 4.68. The third-order valence-corrected chi connectivity index (χ3v) is 7.55. The van der Waals surface area contributed by atoms with Gasteiger partial charge in [0.05, 0.1) is 5.92 Å². The Morgan fingerprint density at radius 3 is 2.31 bits per heavy atom. The van der Waals surface area contributed by atoms with Crippen LogP contribution in [0.1, 0.15) is 56.6 Å². The number of nitrogens with zero attached hydrogens (tertiary/aromatic N) is 1. The van der Waals surface area contributed by atoms with Crippen LogP contribution >= 0.6 is 0 Å². The van der Waals surface area contributed by atoms with E-state index in [1.165, 1.54) is 11.1 Å². The quantitative estimate of drug-likeness (QED) is 0.576. The Balaban J connectivity index is 1.29. The maximum Gasteiger partial charge on any atom is 0.407 e. The van der Waals surface area contributed by atoms with Crippen LogP contribution in [0.4, 0.5) is 4.79 Å². The standard InChI is InChI=1S/C28H34N2O5/c1-3-19(15-26(31)30-14-8-13-20(18(30)2)27(32)33)16-29-28(34)35-17-25-23-11-6-4-9-21(23)22-10-5-7-12-24(22)25/h4-7,9-12,18-20,25H,3,8,13-17H2,1-2H3,(H,29,34)(H,32,33)/t18-,19?,20-/m1/s1. The number of nitrogens with one attached hydrogen (secondary N) is 1. The predicted molar refractivity (Wildman–Crippen MR) is 133 cm³/mol. The zero-order valence-corrected chi connectivity index (χ0v) is 20.4. The number of hydrogen-bond donors (Lipinski definition) is 2. The summed E-state index contributed by atoms with van der Waals surface area (Å²) in [4.78, 5) is 38.6. The molecule has 7 nitrogen and oxygen atoms in total. The molecule has 1 unspecified atom stereocenters. The summed E-state index contributed by atoms with van der Waals surface area (Å²) in [6.07, 6.45) is 1.80. The van der Waals surface area contributed by atoms with Crippen LogP contribution in [0.2, 0.25) is 0 Å². The fraction of sp³-hybridized carbons (Fsp3) is 0.464. The molecule has 35 heavy (non-hydrogen) atoms. The van der Waals surface area contributed by atoms with Gasteiger partial charge in [-0.2, -0.15) is 0 Å². The molecule has 0 aromatic heterocycles. The maximum absolute atomic E-state index is 12.9. The van der Waals surface area contributed by atoms with Crippen molar-refractivity contribution in [3.05, 3.63) is 59.7 Å². The summed E-state index contributed by atoms with van der Waals surface area (Å²) in [6, 6.07) is 16.1. The summed E-state index contributed by atoms with van der Waals surface area (Å²) < 4.78 is 5.60. The van der Waals surface area contributed by atoms with Crippen molar-refractivity contribution in [3.8, 4) is 11.1 Å². The number of carboxylic acids is 1. The highest BCUT2D eigenvalue weighted by atomic mass is 16.5. The molecule has 0 radical (unpaired) electrons. The Morgan fingerprint density at radius 2 is 1.71 bits per heavy atom. The minimum absolute atomic E-state index is 0.000491. The molecule has 7 heteroatoms. The summed E-state index contributed by atoms with van der Waals surface area (Å²) >= 11 is 0. The molecule has 2 amide bonds. The van der Waals surface area contributed by atoms with Gasteiger partial charge in [0.2, 0.25) is 5.91 Å². The molecule has 1 fully saturated rings. The molecule has 4 rings (SSSR count). The lowest BCUT2D eigenvalue weighted by atomic mass is 9.89. The van der Waals surface area contributed by atoms with Crippen LogP contribution in [0.25, 0.3) is 11.1 Å². The van der Waals surface area contributed by atoms with Gasteiger partial charge in [-0.1, -0.05) is 61.9 Å². The first-order chi connectivity index (χ1) is 16.9. The van der Waals surface area contributed by atoms with Crippen LogP contribution in [-0.2, 0) is 14.3 Å². The molecule has 0 spiro atoms. The fourth-order valence-electron chi connectivity index (χ4n) is 5.43. The van der Waals surface area contributed by atoms with Gasteiger partial charge in [-0.3, -0.25) is 9.59 Å². The Morgan fingerprint density at radius 1 is 1.09 bits per heavy atom. The van der Waals surface area contributed by atoms with Crippen molar-refractivity contribution in [1.82, 2.24) is 10.2 Å². The highest BCUT2D eigenvalue weighted by Gasteiger charge is 2.35. The minimum Gasteiger partial charge on any atom is -0.481 e. The molecule has 2 aliphatic rings. The molecule has 186 valence electrons. The summed E-state index contributed by atoms with van der Waals surface area (Å²) in [7, 11) is 0. The van der Waals surface area contributed by atoms with Crippen LogP contribution in [0, 0.1) is 11.8 Å². The molecule has 2 aromatic carbocycles. The molecule has 1 saturated heterocycles. The number of rotatable bonds is 8. The third kappa shape index (κ3) is 5.34. The first-order valence-electron chi connectivity index (χ1n) is 12.5. The van der Waals surface area contributed by atoms with Crippen LogP contribution in [-0.4, -0.2) is 53.7 Å². The van der Waals surface area contributed by atoms with E-state index < -0.39 is 18.0 Å². The summed E-state index contributed by atoms with van der Waals surface area (Å²) in [6.45, 7) is 4.96. The highest BCUT2D eigenvalue weighted by Crippen LogP contribution is 2.44. The fourth-order valence-corrected chi connectivity index (χ4v) is 5.43. The Hall–Kier alpha value is -3.35. The molecule has 2 aromatic rings. The van der Waals surface area contributed by atoms with Crippen molar-refractivity contribution in [2.45, 2.75) is 51.5 Å². The molecule has 0 saturated carbocycles. The van der Waals surface area contributed by atoms with Crippen molar-refractivity contribution in [3.63, 3.8) is 0 Å². The van der Waals surface area contributed by atoms with Crippen molar-refractivity contribution in [2.75, 3.05) is 19.7 Å². The van der Waals surface area contributed by atoms with Gasteiger partial charge in [0.25, 0.3) is 0 Å². The smallest absolute Gasteiger partial charge is 0.407 e. The van der Waals surface area contributed by atoms with E-state index in [-0.39, 0.29) is 36.8 Å². The molecule has 3 atom stereocenters. The number of fused-ring (bicyclic) bond motifs is 3. The number of carbonyl (C=O) groups is 3. The molecule has 1 aliphatic carbocycles. The first-order valence-corrected chi connectivity index (χ1v) is 12.5. The number of likely N-dealkylation sites (tertiary alicyclic amines) is 1. The van der Waals surface area contributed by atoms with E-state index in [2.05, 4.69) is 29.6 Å². The minimum atomic E-state index is -0.848. The van der Waals surface area contributed by atoms with Gasteiger partial charge in [-0.15, -0.1) is 0 Å². The first kappa shape index (κ1) is 24.8. The molecule has 0 bridgehead atoms. The molecule has 1 aliphatic heterocycles. The van der Waals surface area contributed by atoms with Crippen molar-refractivity contribution < 1.29 is 24.2 Å². The maximum atomic E-state index is 12.9. The number of hydrogen-bond acceptors (Lipinski definition) is 4. The Kier molecular flexibility index (Phi) is 7.73. The Bertz CT molecular complexity index is 1040. The van der Waals surface area contributed by atoms with E-state index in [0.717, 1.165) is 17.5 Å². The van der Waals surface area contributed by atoms with E-state index >= 15 is 0 Å². The zero-order chi connectivity index (χ0) is 24.9. The number of aliphatic carboxylic acids is 1. The lowest BCUT2D eigenvalue weighted by molar-refractivity contribution is -0.149. The van der Waals surface area contributed by atoms with Crippen LogP contribution < -0.4 is 5.32 Å². The van der Waals surface area contributed by atoms with Crippen molar-refractivity contribution >= 4 is 18.0 Å². The van der Waals surface area contributed by atoms with E-state index in [4.69, 9.17) is 4.74 Å².